The lowest BCUT2D eigenvalue weighted by atomic mass is 9.80. The van der Waals surface area contributed by atoms with Crippen LogP contribution in [0, 0.1) is 5.41 Å². The highest BCUT2D eigenvalue weighted by molar-refractivity contribution is 7.48. The highest BCUT2D eigenvalue weighted by Gasteiger charge is 2.34. The molecule has 0 fully saturated rings. The monoisotopic (exact) mass is 284 g/mol. The Morgan fingerprint density at radius 2 is 2.05 bits per heavy atom. The Labute approximate surface area is 112 Å². The molecule has 0 aromatic rings. The van der Waals surface area contributed by atoms with Crippen LogP contribution in [0.2, 0.25) is 0 Å². The van der Waals surface area contributed by atoms with E-state index in [9.17, 15) is 14.2 Å². The summed E-state index contributed by atoms with van der Waals surface area (Å²) in [4.78, 5) is 21.3. The zero-order valence-electron chi connectivity index (χ0n) is 10.6. The molecule has 104 valence electrons. The van der Waals surface area contributed by atoms with Crippen molar-refractivity contribution in [1.82, 2.24) is 0 Å². The minimum Gasteiger partial charge on any atom is -0.481 e. The van der Waals surface area contributed by atoms with Crippen molar-refractivity contribution >= 4 is 19.7 Å². The van der Waals surface area contributed by atoms with Crippen molar-refractivity contribution in [3.05, 3.63) is 35.7 Å². The van der Waals surface area contributed by atoms with Crippen molar-refractivity contribution < 1.29 is 24.4 Å². The van der Waals surface area contributed by atoms with E-state index in [0.29, 0.717) is 0 Å². The molecular weight excluding hydrogens is 267 g/mol. The third-order valence-electron chi connectivity index (χ3n) is 2.94. The second kappa shape index (κ2) is 6.53. The Morgan fingerprint density at radius 3 is 2.42 bits per heavy atom. The maximum absolute atomic E-state index is 10.8. The molecule has 0 spiro atoms. The molecule has 2 unspecified atom stereocenters. The van der Waals surface area contributed by atoms with Crippen LogP contribution in [0.1, 0.15) is 19.8 Å². The quantitative estimate of drug-likeness (QED) is 0.760. The third kappa shape index (κ3) is 4.52. The number of carboxylic acid groups (broad SMARTS) is 2. The van der Waals surface area contributed by atoms with Crippen LogP contribution >= 0.6 is 7.80 Å². The van der Waals surface area contributed by atoms with Crippen LogP contribution < -0.4 is 0 Å². The molecule has 6 heteroatoms. The fraction of sp³-hybridized carbons (Fsp3) is 0.385. The Kier molecular flexibility index (Phi) is 5.31. The van der Waals surface area contributed by atoms with Crippen molar-refractivity contribution in [2.24, 2.45) is 5.41 Å². The van der Waals surface area contributed by atoms with E-state index >= 15 is 0 Å². The minimum absolute atomic E-state index is 0.0359. The van der Waals surface area contributed by atoms with Crippen LogP contribution in [0.25, 0.3) is 0 Å². The van der Waals surface area contributed by atoms with E-state index in [1.807, 2.05) is 11.9 Å². The van der Waals surface area contributed by atoms with Gasteiger partial charge in [-0.2, -0.15) is 0 Å². The van der Waals surface area contributed by atoms with Gasteiger partial charge in [0.25, 0.3) is 0 Å². The zero-order valence-corrected chi connectivity index (χ0v) is 11.6. The summed E-state index contributed by atoms with van der Waals surface area (Å²) in [6, 6.07) is 0. The van der Waals surface area contributed by atoms with E-state index in [4.69, 9.17) is 10.2 Å². The van der Waals surface area contributed by atoms with Gasteiger partial charge in [-0.25, -0.2) is 4.79 Å². The van der Waals surface area contributed by atoms with Crippen LogP contribution in [0.3, 0.4) is 0 Å². The summed E-state index contributed by atoms with van der Waals surface area (Å²) in [5, 5.41) is 17.5. The summed E-state index contributed by atoms with van der Waals surface area (Å²) >= 11 is 0. The zero-order chi connectivity index (χ0) is 14.5. The molecule has 19 heavy (non-hydrogen) atoms. The molecule has 0 saturated carbocycles. The molecule has 0 aromatic heterocycles. The summed E-state index contributed by atoms with van der Waals surface area (Å²) in [5.74, 6) is -0.238. The highest BCUT2D eigenvalue weighted by Crippen LogP contribution is 2.31. The van der Waals surface area contributed by atoms with E-state index in [2.05, 4.69) is 0 Å². The first kappa shape index (κ1) is 15.4. The molecule has 0 bridgehead atoms. The molecule has 0 saturated heterocycles. The maximum atomic E-state index is 10.8. The molecule has 0 aromatic carbocycles. The molecule has 2 aliphatic rings. The van der Waals surface area contributed by atoms with Gasteiger partial charge in [-0.15, -0.1) is 0 Å². The van der Waals surface area contributed by atoms with E-state index < -0.39 is 25.2 Å². The van der Waals surface area contributed by atoms with E-state index in [-0.39, 0.29) is 12.0 Å². The summed E-state index contributed by atoms with van der Waals surface area (Å²) in [6.45, 7) is 1.50. The lowest BCUT2D eigenvalue weighted by Gasteiger charge is -2.23. The predicted molar refractivity (Wildman–Crippen MR) is 72.8 cm³/mol. The lowest BCUT2D eigenvalue weighted by Crippen LogP contribution is -2.28. The van der Waals surface area contributed by atoms with Gasteiger partial charge in [-0.05, 0) is 25.6 Å². The van der Waals surface area contributed by atoms with Gasteiger partial charge in [0, 0.05) is 11.7 Å². The van der Waals surface area contributed by atoms with Gasteiger partial charge in [-0.3, -0.25) is 4.79 Å². The number of rotatable bonds is 2. The average Bonchev–Trinajstić information content (AvgIpc) is 2.81. The SMILES string of the molecule is CC1(C(=O)O)C=CC=C(C(=O)O)C1.O=[PH]1C=CCC1. The van der Waals surface area contributed by atoms with Crippen LogP contribution in [-0.2, 0) is 14.2 Å². The number of allylic oxidation sites excluding steroid dienone is 3. The molecule has 2 N–H and O–H groups in total. The topological polar surface area (TPSA) is 91.7 Å². The first-order valence-corrected chi connectivity index (χ1v) is 7.59. The maximum Gasteiger partial charge on any atom is 0.331 e. The van der Waals surface area contributed by atoms with Gasteiger partial charge in [0.2, 0.25) is 0 Å². The number of carbonyl (C=O) groups is 2. The first-order chi connectivity index (χ1) is 8.85. The van der Waals surface area contributed by atoms with Crippen LogP contribution in [0.4, 0.5) is 0 Å². The molecule has 2 rings (SSSR count). The van der Waals surface area contributed by atoms with Gasteiger partial charge in [0.15, 0.2) is 0 Å². The summed E-state index contributed by atoms with van der Waals surface area (Å²) in [5.41, 5.74) is -0.949. The largest absolute Gasteiger partial charge is 0.481 e. The smallest absolute Gasteiger partial charge is 0.331 e. The Morgan fingerprint density at radius 1 is 1.37 bits per heavy atom. The van der Waals surface area contributed by atoms with Crippen molar-refractivity contribution in [2.75, 3.05) is 6.16 Å². The third-order valence-corrected chi connectivity index (χ3v) is 4.33. The minimum atomic E-state index is -1.19. The van der Waals surface area contributed by atoms with E-state index in [0.717, 1.165) is 12.6 Å². The molecule has 2 atom stereocenters. The molecule has 0 amide bonds. The summed E-state index contributed by atoms with van der Waals surface area (Å²) < 4.78 is 10.3. The van der Waals surface area contributed by atoms with E-state index in [1.54, 1.807) is 0 Å². The first-order valence-electron chi connectivity index (χ1n) is 5.89. The second-order valence-electron chi connectivity index (χ2n) is 4.66. The number of hydrogen-bond donors (Lipinski definition) is 2. The van der Waals surface area contributed by atoms with E-state index in [1.165, 1.54) is 25.2 Å². The van der Waals surface area contributed by atoms with Crippen molar-refractivity contribution in [3.63, 3.8) is 0 Å². The van der Waals surface area contributed by atoms with Gasteiger partial charge >= 0.3 is 11.9 Å². The molecule has 1 heterocycles. The number of carboxylic acids is 2. The standard InChI is InChI=1S/C9H10O4.C4H7OP/c1-9(8(12)13)4-2-3-6(5-9)7(10)11;5-6-3-1-2-4-6/h2-4H,5H2,1H3,(H,10,11)(H,12,13);1,3,6H,2,4H2. The molecule has 0 radical (unpaired) electrons. The summed E-state index contributed by atoms with van der Waals surface area (Å²) in [7, 11) is -1.19. The fourth-order valence-corrected chi connectivity index (χ4v) is 2.76. The normalized spacial score (nSPS) is 28.3. The lowest BCUT2D eigenvalue weighted by molar-refractivity contribution is -0.145. The number of aliphatic carboxylic acids is 2. The average molecular weight is 284 g/mol. The Bertz CT molecular complexity index is 489. The molecule has 5 nitrogen and oxygen atoms in total. The Hall–Kier alpha value is -1.61. The molecule has 1 aliphatic heterocycles. The predicted octanol–water partition coefficient (Wildman–Crippen LogP) is 2.51. The van der Waals surface area contributed by atoms with Gasteiger partial charge < -0.3 is 14.8 Å². The fourth-order valence-electron chi connectivity index (χ4n) is 1.71. The van der Waals surface area contributed by atoms with Crippen molar-refractivity contribution in [3.8, 4) is 0 Å². The summed E-state index contributed by atoms with van der Waals surface area (Å²) in [6.07, 6.45) is 8.38. The van der Waals surface area contributed by atoms with Crippen LogP contribution in [-0.4, -0.2) is 28.3 Å². The van der Waals surface area contributed by atoms with Gasteiger partial charge in [0.05, 0.1) is 13.2 Å². The van der Waals surface area contributed by atoms with Crippen LogP contribution in [0.5, 0.6) is 0 Å². The van der Waals surface area contributed by atoms with Crippen molar-refractivity contribution in [2.45, 2.75) is 19.8 Å². The van der Waals surface area contributed by atoms with Crippen molar-refractivity contribution in [1.29, 1.82) is 0 Å². The second-order valence-corrected chi connectivity index (χ2v) is 6.43. The van der Waals surface area contributed by atoms with Gasteiger partial charge in [-0.1, -0.05) is 24.3 Å². The highest BCUT2D eigenvalue weighted by atomic mass is 31.1. The van der Waals surface area contributed by atoms with Gasteiger partial charge in [0.1, 0.15) is 0 Å². The number of hydrogen-bond acceptors (Lipinski definition) is 3. The molecule has 1 aliphatic carbocycles. The Balaban J connectivity index is 0.000000250. The molecular formula is C13H17O5P. The van der Waals surface area contributed by atoms with Crippen LogP contribution in [0.15, 0.2) is 35.7 Å².